The molecule has 0 saturated heterocycles. The van der Waals surface area contributed by atoms with Gasteiger partial charge in [-0.15, -0.1) is 0 Å². The molecule has 0 atom stereocenters. The van der Waals surface area contributed by atoms with Crippen LogP contribution in [-0.2, 0) is 0 Å². The number of fused-ring (bicyclic) bond motifs is 1. The number of nitrogens with zero attached hydrogens (tertiary/aromatic N) is 2. The Morgan fingerprint density at radius 3 is 2.35 bits per heavy atom. The summed E-state index contributed by atoms with van der Waals surface area (Å²) in [4.78, 5) is 4.82. The highest BCUT2D eigenvalue weighted by Gasteiger charge is 2.16. The molecule has 4 heteroatoms. The highest BCUT2D eigenvalue weighted by atomic mass is 16.3. The Kier molecular flexibility index (Phi) is 3.88. The van der Waals surface area contributed by atoms with E-state index in [2.05, 4.69) is 54.8 Å². The molecule has 2 heterocycles. The maximum Gasteiger partial charge on any atom is 0.143 e. The zero-order valence-electron chi connectivity index (χ0n) is 15.1. The van der Waals surface area contributed by atoms with Crippen LogP contribution in [0.2, 0.25) is 0 Å². The predicted octanol–water partition coefficient (Wildman–Crippen LogP) is 5.38. The van der Waals surface area contributed by atoms with Crippen LogP contribution >= 0.6 is 0 Å². The van der Waals surface area contributed by atoms with Gasteiger partial charge in [-0.05, 0) is 68.3 Å². The molecule has 0 aliphatic carbocycles. The average molecular weight is 343 g/mol. The number of imidazole rings is 1. The Balaban J connectivity index is 1.95. The molecular weight excluding hydrogens is 322 g/mol. The van der Waals surface area contributed by atoms with E-state index in [0.29, 0.717) is 0 Å². The number of aryl methyl sites for hydroxylation is 3. The second-order valence-corrected chi connectivity index (χ2v) is 6.72. The highest BCUT2D eigenvalue weighted by Crippen LogP contribution is 2.33. The van der Waals surface area contributed by atoms with E-state index in [4.69, 9.17) is 4.98 Å². The van der Waals surface area contributed by atoms with Crippen molar-refractivity contribution in [2.75, 3.05) is 5.32 Å². The lowest BCUT2D eigenvalue weighted by Gasteiger charge is -2.12. The topological polar surface area (TPSA) is 49.6 Å². The summed E-state index contributed by atoms with van der Waals surface area (Å²) in [7, 11) is 0. The van der Waals surface area contributed by atoms with E-state index in [1.54, 1.807) is 12.1 Å². The van der Waals surface area contributed by atoms with E-state index in [1.165, 1.54) is 11.1 Å². The Labute approximate surface area is 152 Å². The summed E-state index contributed by atoms with van der Waals surface area (Å²) in [6, 6.07) is 19.7. The van der Waals surface area contributed by atoms with Crippen LogP contribution in [0, 0.1) is 20.8 Å². The molecular formula is C22H21N3O. The number of phenolic OH excluding ortho intramolecular Hbond substituents is 1. The zero-order chi connectivity index (χ0) is 18.3. The second-order valence-electron chi connectivity index (χ2n) is 6.72. The van der Waals surface area contributed by atoms with Gasteiger partial charge in [-0.25, -0.2) is 4.98 Å². The monoisotopic (exact) mass is 343 g/mol. The first-order valence-corrected chi connectivity index (χ1v) is 8.64. The lowest BCUT2D eigenvalue weighted by atomic mass is 10.1. The third-order valence-corrected chi connectivity index (χ3v) is 4.44. The van der Waals surface area contributed by atoms with Crippen molar-refractivity contribution in [3.8, 4) is 17.0 Å². The minimum atomic E-state index is 0.230. The molecule has 0 spiro atoms. The van der Waals surface area contributed by atoms with Gasteiger partial charge < -0.3 is 10.4 Å². The van der Waals surface area contributed by atoms with E-state index in [1.807, 2.05) is 24.3 Å². The van der Waals surface area contributed by atoms with Gasteiger partial charge in [0.05, 0.1) is 0 Å². The summed E-state index contributed by atoms with van der Waals surface area (Å²) in [6.07, 6.45) is 0. The fourth-order valence-electron chi connectivity index (χ4n) is 3.41. The van der Waals surface area contributed by atoms with Gasteiger partial charge in [-0.2, -0.15) is 0 Å². The summed E-state index contributed by atoms with van der Waals surface area (Å²) < 4.78 is 2.11. The molecule has 26 heavy (non-hydrogen) atoms. The first-order chi connectivity index (χ1) is 12.5. The lowest BCUT2D eigenvalue weighted by molar-refractivity contribution is 0.475. The molecule has 0 radical (unpaired) electrons. The fraction of sp³-hybridized carbons (Fsp3) is 0.136. The number of hydrogen-bond acceptors (Lipinski definition) is 3. The van der Waals surface area contributed by atoms with Gasteiger partial charge in [0.1, 0.15) is 22.9 Å². The standard InChI is InChI=1S/C22H21N3O/c1-14-10-15(2)12-18(11-14)23-22-21(17-7-5-8-19(26)13-17)24-20-9-4-6-16(3)25(20)22/h4-13,23,26H,1-3H3. The predicted molar refractivity (Wildman–Crippen MR) is 106 cm³/mol. The lowest BCUT2D eigenvalue weighted by Crippen LogP contribution is -2.00. The van der Waals surface area contributed by atoms with Gasteiger partial charge in [0.2, 0.25) is 0 Å². The van der Waals surface area contributed by atoms with Crippen molar-refractivity contribution in [3.05, 3.63) is 77.5 Å². The molecule has 0 saturated carbocycles. The van der Waals surface area contributed by atoms with Crippen molar-refractivity contribution in [1.29, 1.82) is 0 Å². The number of anilines is 2. The molecule has 0 amide bonds. The Bertz CT molecular complexity index is 1090. The maximum atomic E-state index is 9.90. The number of phenols is 1. The molecule has 0 unspecified atom stereocenters. The van der Waals surface area contributed by atoms with Gasteiger partial charge in [-0.3, -0.25) is 4.40 Å². The third kappa shape index (κ3) is 2.90. The van der Waals surface area contributed by atoms with Crippen LogP contribution in [0.1, 0.15) is 16.8 Å². The number of hydrogen-bond donors (Lipinski definition) is 2. The van der Waals surface area contributed by atoms with Crippen LogP contribution in [0.3, 0.4) is 0 Å². The van der Waals surface area contributed by atoms with Gasteiger partial charge in [0.25, 0.3) is 0 Å². The minimum Gasteiger partial charge on any atom is -0.508 e. The summed E-state index contributed by atoms with van der Waals surface area (Å²) in [5.74, 6) is 1.13. The molecule has 0 fully saturated rings. The minimum absolute atomic E-state index is 0.230. The SMILES string of the molecule is Cc1cc(C)cc(Nc2c(-c3cccc(O)c3)nc3cccc(C)n23)c1. The van der Waals surface area contributed by atoms with Gasteiger partial charge in [0.15, 0.2) is 0 Å². The molecule has 4 rings (SSSR count). The Hall–Kier alpha value is -3.27. The van der Waals surface area contributed by atoms with Crippen LogP contribution < -0.4 is 5.32 Å². The first kappa shape index (κ1) is 16.2. The molecule has 0 bridgehead atoms. The smallest absolute Gasteiger partial charge is 0.143 e. The molecule has 2 aromatic heterocycles. The Morgan fingerprint density at radius 2 is 1.62 bits per heavy atom. The van der Waals surface area contributed by atoms with E-state index in [-0.39, 0.29) is 5.75 Å². The van der Waals surface area contributed by atoms with Crippen molar-refractivity contribution in [1.82, 2.24) is 9.38 Å². The summed E-state index contributed by atoms with van der Waals surface area (Å²) in [5.41, 5.74) is 7.08. The molecule has 130 valence electrons. The summed E-state index contributed by atoms with van der Waals surface area (Å²) >= 11 is 0. The van der Waals surface area contributed by atoms with Crippen molar-refractivity contribution >= 4 is 17.2 Å². The normalized spacial score (nSPS) is 11.0. The third-order valence-electron chi connectivity index (χ3n) is 4.44. The fourth-order valence-corrected chi connectivity index (χ4v) is 3.41. The molecule has 4 aromatic rings. The number of pyridine rings is 1. The van der Waals surface area contributed by atoms with Gasteiger partial charge >= 0.3 is 0 Å². The van der Waals surface area contributed by atoms with E-state index in [9.17, 15) is 5.11 Å². The zero-order valence-corrected chi connectivity index (χ0v) is 15.1. The molecule has 0 aliphatic rings. The van der Waals surface area contributed by atoms with Crippen LogP contribution in [0.15, 0.2) is 60.7 Å². The summed E-state index contributed by atoms with van der Waals surface area (Å²) in [5, 5.41) is 13.5. The number of rotatable bonds is 3. The number of benzene rings is 2. The van der Waals surface area contributed by atoms with Crippen LogP contribution in [-0.4, -0.2) is 14.5 Å². The Morgan fingerprint density at radius 1 is 0.885 bits per heavy atom. The quantitative estimate of drug-likeness (QED) is 0.525. The van der Waals surface area contributed by atoms with Gasteiger partial charge in [0, 0.05) is 16.9 Å². The first-order valence-electron chi connectivity index (χ1n) is 8.64. The van der Waals surface area contributed by atoms with Crippen molar-refractivity contribution < 1.29 is 5.11 Å². The molecule has 0 aliphatic heterocycles. The van der Waals surface area contributed by atoms with E-state index < -0.39 is 0 Å². The number of aromatic hydroxyl groups is 1. The molecule has 4 nitrogen and oxygen atoms in total. The van der Waals surface area contributed by atoms with Crippen molar-refractivity contribution in [3.63, 3.8) is 0 Å². The highest BCUT2D eigenvalue weighted by molar-refractivity contribution is 5.80. The van der Waals surface area contributed by atoms with Crippen LogP contribution in [0.5, 0.6) is 5.75 Å². The van der Waals surface area contributed by atoms with Gasteiger partial charge in [-0.1, -0.05) is 24.3 Å². The van der Waals surface area contributed by atoms with E-state index >= 15 is 0 Å². The number of nitrogens with one attached hydrogen (secondary N) is 1. The second kappa shape index (κ2) is 6.23. The van der Waals surface area contributed by atoms with Crippen molar-refractivity contribution in [2.24, 2.45) is 0 Å². The molecule has 2 N–H and O–H groups in total. The largest absolute Gasteiger partial charge is 0.508 e. The van der Waals surface area contributed by atoms with E-state index in [0.717, 1.165) is 34.1 Å². The molecule has 2 aromatic carbocycles. The van der Waals surface area contributed by atoms with Crippen LogP contribution in [0.25, 0.3) is 16.9 Å². The van der Waals surface area contributed by atoms with Crippen molar-refractivity contribution in [2.45, 2.75) is 20.8 Å². The van der Waals surface area contributed by atoms with Crippen LogP contribution in [0.4, 0.5) is 11.5 Å². The average Bonchev–Trinajstić information content (AvgIpc) is 2.94. The summed E-state index contributed by atoms with van der Waals surface area (Å²) in [6.45, 7) is 6.25. The maximum absolute atomic E-state index is 9.90. The number of aromatic nitrogens is 2.